The van der Waals surface area contributed by atoms with E-state index in [1.54, 1.807) is 0 Å². The standard InChI is InChI=1S/C74H53NO/c1-73(2)62-38-36-51-24-14-16-26-56(51)70(62)60-42-66-68(44-64(60)73)76-69-45-65-61(71-57-27-17-15-25-52(57)37-39-63(71)74(65,3)4)43-67(69)75(66)72-58(53-32-28-49(29-33-53)46-18-8-5-9-19-46)40-55(48-22-12-7-13-23-48)41-59(72)54-34-30-50(31-35-54)47-20-10-6-11-21-47/h5-45H,1-4H3. The maximum atomic E-state index is 7.51. The van der Waals surface area contributed by atoms with Gasteiger partial charge < -0.3 is 9.64 Å². The summed E-state index contributed by atoms with van der Waals surface area (Å²) in [5.74, 6) is 1.69. The van der Waals surface area contributed by atoms with Crippen molar-refractivity contribution in [2.24, 2.45) is 0 Å². The Balaban J connectivity index is 1.07. The van der Waals surface area contributed by atoms with Crippen molar-refractivity contribution in [1.82, 2.24) is 0 Å². The fraction of sp³-hybridized carbons (Fsp3) is 0.0811. The maximum absolute atomic E-state index is 7.51. The monoisotopic (exact) mass is 971 g/mol. The molecule has 2 nitrogen and oxygen atoms in total. The highest BCUT2D eigenvalue weighted by molar-refractivity contribution is 6.09. The molecule has 12 aromatic carbocycles. The zero-order valence-corrected chi connectivity index (χ0v) is 43.0. The molecule has 0 N–H and O–H groups in total. The molecule has 0 spiro atoms. The van der Waals surface area contributed by atoms with E-state index in [4.69, 9.17) is 4.74 Å². The van der Waals surface area contributed by atoms with Crippen molar-refractivity contribution < 1.29 is 4.74 Å². The highest BCUT2D eigenvalue weighted by atomic mass is 16.5. The molecule has 3 aliphatic rings. The Bertz CT molecular complexity index is 4070. The van der Waals surface area contributed by atoms with E-state index in [2.05, 4.69) is 281 Å². The fourth-order valence-electron chi connectivity index (χ4n) is 13.1. The lowest BCUT2D eigenvalue weighted by atomic mass is 9.81. The van der Waals surface area contributed by atoms with E-state index in [1.165, 1.54) is 88.3 Å². The van der Waals surface area contributed by atoms with Gasteiger partial charge in [-0.25, -0.2) is 0 Å². The summed E-state index contributed by atoms with van der Waals surface area (Å²) in [7, 11) is 0. The number of fused-ring (bicyclic) bond motifs is 12. The van der Waals surface area contributed by atoms with Crippen molar-refractivity contribution >= 4 is 38.6 Å². The molecule has 1 aliphatic heterocycles. The minimum atomic E-state index is -0.268. The molecular formula is C74H53NO. The van der Waals surface area contributed by atoms with Crippen LogP contribution in [0.2, 0.25) is 0 Å². The molecule has 0 fully saturated rings. The number of nitrogens with zero attached hydrogens (tertiary/aromatic N) is 1. The van der Waals surface area contributed by atoms with Gasteiger partial charge in [-0.15, -0.1) is 0 Å². The van der Waals surface area contributed by atoms with E-state index in [1.807, 2.05) is 0 Å². The van der Waals surface area contributed by atoms with Crippen LogP contribution in [0.1, 0.15) is 49.9 Å². The van der Waals surface area contributed by atoms with Crippen LogP contribution in [0, 0.1) is 0 Å². The van der Waals surface area contributed by atoms with Gasteiger partial charge in [0.05, 0.1) is 17.1 Å². The lowest BCUT2D eigenvalue weighted by Crippen LogP contribution is -2.21. The number of hydrogen-bond donors (Lipinski definition) is 0. The summed E-state index contributed by atoms with van der Waals surface area (Å²) < 4.78 is 7.51. The third-order valence-electron chi connectivity index (χ3n) is 17.0. The van der Waals surface area contributed by atoms with Crippen LogP contribution >= 0.6 is 0 Å². The Labute approximate surface area is 444 Å². The van der Waals surface area contributed by atoms with Gasteiger partial charge in [0, 0.05) is 22.0 Å². The SMILES string of the molecule is CC1(C)c2cc3c(cc2-c2c1ccc1ccccc21)N(c1c(-c2ccc(-c4ccccc4)cc2)cc(-c2ccccc2)cc1-c1ccc(-c2ccccc2)cc1)c1cc2c(cc1O3)C(C)(C)c1ccc3ccccc3c1-2. The molecule has 2 aliphatic carbocycles. The maximum Gasteiger partial charge on any atom is 0.151 e. The summed E-state index contributed by atoms with van der Waals surface area (Å²) >= 11 is 0. The summed E-state index contributed by atoms with van der Waals surface area (Å²) in [6.07, 6.45) is 0. The van der Waals surface area contributed by atoms with Crippen molar-refractivity contribution in [1.29, 1.82) is 0 Å². The summed E-state index contributed by atoms with van der Waals surface area (Å²) in [5.41, 5.74) is 24.4. The molecule has 0 bridgehead atoms. The quantitative estimate of drug-likeness (QED) is 0.165. The van der Waals surface area contributed by atoms with Gasteiger partial charge in [-0.2, -0.15) is 0 Å². The van der Waals surface area contributed by atoms with Gasteiger partial charge in [0.1, 0.15) is 0 Å². The van der Waals surface area contributed by atoms with Crippen LogP contribution in [0.25, 0.3) is 99.4 Å². The lowest BCUT2D eigenvalue weighted by molar-refractivity contribution is 0.473. The van der Waals surface area contributed by atoms with E-state index in [0.29, 0.717) is 0 Å². The average Bonchev–Trinajstić information content (AvgIpc) is 3.88. The lowest BCUT2D eigenvalue weighted by Gasteiger charge is -2.37. The Kier molecular flexibility index (Phi) is 9.69. The topological polar surface area (TPSA) is 12.5 Å². The predicted octanol–water partition coefficient (Wildman–Crippen LogP) is 20.5. The molecule has 360 valence electrons. The summed E-state index contributed by atoms with van der Waals surface area (Å²) in [6.45, 7) is 9.50. The predicted molar refractivity (Wildman–Crippen MR) is 319 cm³/mol. The highest BCUT2D eigenvalue weighted by Crippen LogP contribution is 2.63. The van der Waals surface area contributed by atoms with Crippen LogP contribution in [-0.4, -0.2) is 0 Å². The molecular weight excluding hydrogens is 919 g/mol. The first-order valence-corrected chi connectivity index (χ1v) is 26.6. The van der Waals surface area contributed by atoms with Gasteiger partial charge in [0.15, 0.2) is 11.5 Å². The van der Waals surface area contributed by atoms with Crippen LogP contribution < -0.4 is 9.64 Å². The first kappa shape index (κ1) is 44.3. The number of anilines is 3. The molecule has 76 heavy (non-hydrogen) atoms. The molecule has 0 unspecified atom stereocenters. The van der Waals surface area contributed by atoms with Gasteiger partial charge >= 0.3 is 0 Å². The second-order valence-corrected chi connectivity index (χ2v) is 22.0. The zero-order chi connectivity index (χ0) is 50.9. The van der Waals surface area contributed by atoms with Crippen LogP contribution in [0.5, 0.6) is 11.5 Å². The molecule has 0 radical (unpaired) electrons. The zero-order valence-electron chi connectivity index (χ0n) is 43.0. The van der Waals surface area contributed by atoms with Crippen molar-refractivity contribution in [3.05, 3.63) is 271 Å². The number of rotatable bonds is 6. The second kappa shape index (κ2) is 16.6. The van der Waals surface area contributed by atoms with Crippen molar-refractivity contribution in [2.75, 3.05) is 4.90 Å². The van der Waals surface area contributed by atoms with Gasteiger partial charge in [0.2, 0.25) is 0 Å². The fourth-order valence-corrected chi connectivity index (χ4v) is 13.1. The van der Waals surface area contributed by atoms with E-state index in [9.17, 15) is 0 Å². The van der Waals surface area contributed by atoms with Gasteiger partial charge in [-0.3, -0.25) is 0 Å². The average molecular weight is 972 g/mol. The van der Waals surface area contributed by atoms with Gasteiger partial charge in [-0.05, 0) is 147 Å². The minimum absolute atomic E-state index is 0.268. The molecule has 0 aromatic heterocycles. The third-order valence-corrected chi connectivity index (χ3v) is 17.0. The second-order valence-electron chi connectivity index (χ2n) is 22.0. The van der Waals surface area contributed by atoms with Crippen molar-refractivity contribution in [3.63, 3.8) is 0 Å². The molecule has 2 heteroatoms. The van der Waals surface area contributed by atoms with Gasteiger partial charge in [-0.1, -0.05) is 240 Å². The van der Waals surface area contributed by atoms with Crippen molar-refractivity contribution in [3.8, 4) is 89.4 Å². The smallest absolute Gasteiger partial charge is 0.151 e. The molecule has 0 saturated carbocycles. The third kappa shape index (κ3) is 6.66. The minimum Gasteiger partial charge on any atom is -0.453 e. The van der Waals surface area contributed by atoms with Crippen molar-refractivity contribution in [2.45, 2.75) is 38.5 Å². The molecule has 0 amide bonds. The van der Waals surface area contributed by atoms with E-state index >= 15 is 0 Å². The molecule has 12 aromatic rings. The molecule has 0 saturated heterocycles. The number of ether oxygens (including phenoxy) is 1. The number of benzene rings is 12. The van der Waals surface area contributed by atoms with Crippen LogP contribution in [0.3, 0.4) is 0 Å². The first-order valence-electron chi connectivity index (χ1n) is 26.6. The Morgan fingerprint density at radius 2 is 0.645 bits per heavy atom. The Morgan fingerprint density at radius 3 is 1.07 bits per heavy atom. The van der Waals surface area contributed by atoms with Crippen LogP contribution in [-0.2, 0) is 10.8 Å². The van der Waals surface area contributed by atoms with E-state index in [0.717, 1.165) is 61.9 Å². The van der Waals surface area contributed by atoms with Crippen LogP contribution in [0.4, 0.5) is 17.1 Å². The molecule has 1 heterocycles. The largest absolute Gasteiger partial charge is 0.453 e. The van der Waals surface area contributed by atoms with Gasteiger partial charge in [0.25, 0.3) is 0 Å². The molecule has 0 atom stereocenters. The summed E-state index contributed by atoms with van der Waals surface area (Å²) in [4.78, 5) is 2.58. The van der Waals surface area contributed by atoms with E-state index < -0.39 is 0 Å². The molecule has 15 rings (SSSR count). The normalized spacial score (nSPS) is 14.1. The first-order chi connectivity index (χ1) is 37.2. The number of hydrogen-bond acceptors (Lipinski definition) is 2. The highest BCUT2D eigenvalue weighted by Gasteiger charge is 2.43. The summed E-state index contributed by atoms with van der Waals surface area (Å²) in [6, 6.07) is 92.3. The Hall–Kier alpha value is -9.24. The Morgan fingerprint density at radius 1 is 0.289 bits per heavy atom. The van der Waals surface area contributed by atoms with E-state index in [-0.39, 0.29) is 10.8 Å². The summed E-state index contributed by atoms with van der Waals surface area (Å²) in [5, 5.41) is 5.02. The van der Waals surface area contributed by atoms with Crippen LogP contribution in [0.15, 0.2) is 249 Å².